The standard InChI is InChI=1S/C59H36N4O/c1-3-15-38(16-4-1)57-60-58(39-17-5-2-6-18-39)62-59(61-57)48-32-31-46(44-21-9-10-22-45(44)48)51-34-42(36-55-56(51)49-24-12-14-26-54(49)64-55)37-27-29-43(30-28-37)63-52-25-13-11-23-47(52)50-33-40-19-7-8-20-41(40)35-53(50)63/h1-36H. The van der Waals surface area contributed by atoms with Crippen molar-refractivity contribution in [3.63, 3.8) is 0 Å². The van der Waals surface area contributed by atoms with Crippen LogP contribution in [0.5, 0.6) is 0 Å². The number of para-hydroxylation sites is 2. The lowest BCUT2D eigenvalue weighted by molar-refractivity contribution is 0.669. The van der Waals surface area contributed by atoms with E-state index in [0.717, 1.165) is 77.3 Å². The van der Waals surface area contributed by atoms with Crippen LogP contribution in [-0.2, 0) is 0 Å². The van der Waals surface area contributed by atoms with E-state index in [9.17, 15) is 0 Å². The summed E-state index contributed by atoms with van der Waals surface area (Å²) < 4.78 is 9.06. The van der Waals surface area contributed by atoms with Gasteiger partial charge in [0.15, 0.2) is 17.5 Å². The normalized spacial score (nSPS) is 11.8. The highest BCUT2D eigenvalue weighted by atomic mass is 16.3. The Bertz CT molecular complexity index is 3890. The van der Waals surface area contributed by atoms with Crippen LogP contribution in [0.1, 0.15) is 0 Å². The molecular weight excluding hydrogens is 781 g/mol. The highest BCUT2D eigenvalue weighted by Crippen LogP contribution is 2.44. The predicted octanol–water partition coefficient (Wildman–Crippen LogP) is 15.5. The van der Waals surface area contributed by atoms with Gasteiger partial charge in [0.1, 0.15) is 11.2 Å². The van der Waals surface area contributed by atoms with Crippen molar-refractivity contribution in [3.05, 3.63) is 218 Å². The Morgan fingerprint density at radius 3 is 1.59 bits per heavy atom. The predicted molar refractivity (Wildman–Crippen MR) is 264 cm³/mol. The smallest absolute Gasteiger partial charge is 0.164 e. The average Bonchev–Trinajstić information content (AvgIpc) is 3.91. The molecule has 3 heterocycles. The molecule has 0 fully saturated rings. The molecule has 0 N–H and O–H groups in total. The fraction of sp³-hybridized carbons (Fsp3) is 0. The molecule has 5 heteroatoms. The molecule has 0 aliphatic heterocycles. The fourth-order valence-corrected chi connectivity index (χ4v) is 9.63. The van der Waals surface area contributed by atoms with Crippen LogP contribution in [0.15, 0.2) is 223 Å². The van der Waals surface area contributed by atoms with E-state index in [1.54, 1.807) is 0 Å². The molecule has 10 aromatic carbocycles. The molecule has 0 aliphatic carbocycles. The Kier molecular flexibility index (Phi) is 8.15. The summed E-state index contributed by atoms with van der Waals surface area (Å²) in [5, 5.41) is 9.29. The Morgan fingerprint density at radius 1 is 0.312 bits per heavy atom. The van der Waals surface area contributed by atoms with Gasteiger partial charge in [-0.3, -0.25) is 0 Å². The zero-order valence-electron chi connectivity index (χ0n) is 34.5. The molecule has 0 bridgehead atoms. The lowest BCUT2D eigenvalue weighted by Crippen LogP contribution is -2.00. The molecule has 64 heavy (non-hydrogen) atoms. The lowest BCUT2D eigenvalue weighted by atomic mass is 9.90. The maximum atomic E-state index is 6.68. The van der Waals surface area contributed by atoms with E-state index < -0.39 is 0 Å². The van der Waals surface area contributed by atoms with Gasteiger partial charge in [0.25, 0.3) is 0 Å². The second-order valence-corrected chi connectivity index (χ2v) is 16.4. The molecule has 13 rings (SSSR count). The summed E-state index contributed by atoms with van der Waals surface area (Å²) in [7, 11) is 0. The number of nitrogens with zero attached hydrogens (tertiary/aromatic N) is 4. The number of fused-ring (bicyclic) bond motifs is 8. The van der Waals surface area contributed by atoms with Gasteiger partial charge in [-0.2, -0.15) is 0 Å². The Balaban J connectivity index is 0.981. The highest BCUT2D eigenvalue weighted by molar-refractivity contribution is 6.18. The van der Waals surface area contributed by atoms with E-state index >= 15 is 0 Å². The van der Waals surface area contributed by atoms with Crippen molar-refractivity contribution in [2.45, 2.75) is 0 Å². The number of hydrogen-bond donors (Lipinski definition) is 0. The molecule has 13 aromatic rings. The molecule has 0 atom stereocenters. The summed E-state index contributed by atoms with van der Waals surface area (Å²) in [5.41, 5.74) is 12.4. The maximum absolute atomic E-state index is 6.68. The molecule has 0 spiro atoms. The Hall–Kier alpha value is -8.67. The maximum Gasteiger partial charge on any atom is 0.164 e. The zero-order valence-corrected chi connectivity index (χ0v) is 34.5. The van der Waals surface area contributed by atoms with E-state index in [4.69, 9.17) is 19.4 Å². The first-order chi connectivity index (χ1) is 31.7. The highest BCUT2D eigenvalue weighted by Gasteiger charge is 2.21. The second kappa shape index (κ2) is 14.5. The summed E-state index contributed by atoms with van der Waals surface area (Å²) in [6.45, 7) is 0. The minimum absolute atomic E-state index is 0.625. The topological polar surface area (TPSA) is 56.7 Å². The lowest BCUT2D eigenvalue weighted by Gasteiger charge is -2.15. The summed E-state index contributed by atoms with van der Waals surface area (Å²) in [5.74, 6) is 1.89. The number of furan rings is 1. The van der Waals surface area contributed by atoms with Crippen LogP contribution in [0.4, 0.5) is 0 Å². The van der Waals surface area contributed by atoms with E-state index in [1.165, 1.54) is 32.6 Å². The average molecular weight is 817 g/mol. The molecule has 3 aromatic heterocycles. The van der Waals surface area contributed by atoms with Crippen molar-refractivity contribution >= 4 is 65.3 Å². The number of hydrogen-bond acceptors (Lipinski definition) is 4. The van der Waals surface area contributed by atoms with Crippen molar-refractivity contribution in [2.24, 2.45) is 0 Å². The van der Waals surface area contributed by atoms with Crippen LogP contribution in [0.25, 0.3) is 127 Å². The van der Waals surface area contributed by atoms with Gasteiger partial charge in [-0.05, 0) is 98.4 Å². The van der Waals surface area contributed by atoms with E-state index in [2.05, 4.69) is 156 Å². The quantitative estimate of drug-likeness (QED) is 0.168. The first kappa shape index (κ1) is 36.0. The summed E-state index contributed by atoms with van der Waals surface area (Å²) >= 11 is 0. The molecular formula is C59H36N4O. The molecule has 0 radical (unpaired) electrons. The molecule has 0 amide bonds. The van der Waals surface area contributed by atoms with Crippen LogP contribution in [0.2, 0.25) is 0 Å². The summed E-state index contributed by atoms with van der Waals surface area (Å²) in [4.78, 5) is 15.2. The van der Waals surface area contributed by atoms with Crippen LogP contribution in [0.3, 0.4) is 0 Å². The van der Waals surface area contributed by atoms with Gasteiger partial charge in [-0.15, -0.1) is 0 Å². The van der Waals surface area contributed by atoms with Crippen molar-refractivity contribution in [3.8, 4) is 62.1 Å². The molecule has 0 unspecified atom stereocenters. The van der Waals surface area contributed by atoms with Gasteiger partial charge in [0, 0.05) is 43.9 Å². The molecule has 0 saturated heterocycles. The molecule has 0 aliphatic rings. The van der Waals surface area contributed by atoms with E-state index in [0.29, 0.717) is 17.5 Å². The minimum atomic E-state index is 0.625. The first-order valence-corrected chi connectivity index (χ1v) is 21.6. The number of benzene rings is 10. The van der Waals surface area contributed by atoms with Gasteiger partial charge in [0.2, 0.25) is 0 Å². The minimum Gasteiger partial charge on any atom is -0.456 e. The number of aromatic nitrogens is 4. The van der Waals surface area contributed by atoms with Crippen LogP contribution >= 0.6 is 0 Å². The second-order valence-electron chi connectivity index (χ2n) is 16.4. The monoisotopic (exact) mass is 816 g/mol. The van der Waals surface area contributed by atoms with Gasteiger partial charge < -0.3 is 8.98 Å². The van der Waals surface area contributed by atoms with Gasteiger partial charge in [0.05, 0.1) is 11.0 Å². The van der Waals surface area contributed by atoms with Crippen molar-refractivity contribution in [2.75, 3.05) is 0 Å². The third kappa shape index (κ3) is 5.83. The van der Waals surface area contributed by atoms with Crippen molar-refractivity contribution < 1.29 is 4.42 Å². The van der Waals surface area contributed by atoms with Gasteiger partial charge in [-0.1, -0.05) is 164 Å². The van der Waals surface area contributed by atoms with E-state index in [1.807, 2.05) is 66.7 Å². The Labute approximate surface area is 368 Å². The summed E-state index contributed by atoms with van der Waals surface area (Å²) in [6.07, 6.45) is 0. The fourth-order valence-electron chi connectivity index (χ4n) is 9.63. The first-order valence-electron chi connectivity index (χ1n) is 21.6. The molecule has 298 valence electrons. The van der Waals surface area contributed by atoms with Crippen LogP contribution in [-0.4, -0.2) is 19.5 Å². The van der Waals surface area contributed by atoms with Gasteiger partial charge >= 0.3 is 0 Å². The van der Waals surface area contributed by atoms with Crippen LogP contribution in [0, 0.1) is 0 Å². The zero-order chi connectivity index (χ0) is 42.1. The van der Waals surface area contributed by atoms with E-state index in [-0.39, 0.29) is 0 Å². The van der Waals surface area contributed by atoms with Gasteiger partial charge in [-0.25, -0.2) is 15.0 Å². The third-order valence-electron chi connectivity index (χ3n) is 12.6. The SMILES string of the molecule is c1ccc(-c2nc(-c3ccccc3)nc(-c3ccc(-c4cc(-c5ccc(-n6c7ccccc7c7cc8ccccc8cc76)cc5)cc5oc6ccccc6c45)c4ccccc34)n2)cc1. The Morgan fingerprint density at radius 2 is 0.875 bits per heavy atom. The molecule has 5 nitrogen and oxygen atoms in total. The van der Waals surface area contributed by atoms with Crippen LogP contribution < -0.4 is 0 Å². The number of rotatable bonds is 6. The summed E-state index contributed by atoms with van der Waals surface area (Å²) in [6, 6.07) is 77.0. The largest absolute Gasteiger partial charge is 0.456 e. The third-order valence-corrected chi connectivity index (χ3v) is 12.6. The van der Waals surface area contributed by atoms with Crippen molar-refractivity contribution in [1.82, 2.24) is 19.5 Å². The molecule has 0 saturated carbocycles. The van der Waals surface area contributed by atoms with Crippen molar-refractivity contribution in [1.29, 1.82) is 0 Å².